The summed E-state index contributed by atoms with van der Waals surface area (Å²) in [6.07, 6.45) is -1.61. The third kappa shape index (κ3) is 2.54. The zero-order chi connectivity index (χ0) is 25.8. The fourth-order valence-corrected chi connectivity index (χ4v) is 7.38. The highest BCUT2D eigenvalue weighted by Crippen LogP contribution is 2.70. The van der Waals surface area contributed by atoms with E-state index in [1.165, 1.54) is 33.0 Å². The van der Waals surface area contributed by atoms with Crippen molar-refractivity contribution < 1.29 is 43.2 Å². The number of benzene rings is 1. The number of aliphatic hydroxyl groups is 1. The maximum Gasteiger partial charge on any atom is 0.304 e. The van der Waals surface area contributed by atoms with Crippen LogP contribution in [0, 0.1) is 11.8 Å². The fourth-order valence-electron chi connectivity index (χ4n) is 7.38. The van der Waals surface area contributed by atoms with E-state index >= 15 is 0 Å². The third-order valence-corrected chi connectivity index (χ3v) is 8.66. The highest BCUT2D eigenvalue weighted by atomic mass is 16.7. The topological polar surface area (TPSA) is 124 Å². The van der Waals surface area contributed by atoms with Crippen LogP contribution in [0.25, 0.3) is 0 Å². The van der Waals surface area contributed by atoms with E-state index in [-0.39, 0.29) is 18.0 Å². The molecule has 0 aromatic heterocycles. The van der Waals surface area contributed by atoms with Crippen LogP contribution in [0.1, 0.15) is 32.3 Å². The number of amides is 1. The summed E-state index contributed by atoms with van der Waals surface area (Å²) in [5, 5.41) is 11.4. The molecular formula is C25H30N2O9. The quantitative estimate of drug-likeness (QED) is 0.586. The van der Waals surface area contributed by atoms with Crippen molar-refractivity contribution in [1.82, 2.24) is 4.90 Å². The molecule has 7 atom stereocenters. The number of ketones is 1. The molecular weight excluding hydrogens is 472 g/mol. The van der Waals surface area contributed by atoms with Crippen LogP contribution in [-0.4, -0.2) is 85.9 Å². The van der Waals surface area contributed by atoms with E-state index in [0.717, 1.165) is 0 Å². The molecule has 0 radical (unpaired) electrons. The minimum atomic E-state index is -1.89. The molecule has 1 aromatic carbocycles. The molecule has 11 nitrogen and oxygen atoms in total. The van der Waals surface area contributed by atoms with Gasteiger partial charge >= 0.3 is 5.97 Å². The minimum Gasteiger partial charge on any atom is -0.493 e. The van der Waals surface area contributed by atoms with Crippen molar-refractivity contribution in [3.8, 4) is 11.5 Å². The zero-order valence-corrected chi connectivity index (χ0v) is 20.9. The second-order valence-electron chi connectivity index (χ2n) is 10.5. The molecule has 1 aromatic rings. The smallest absolute Gasteiger partial charge is 0.304 e. The summed E-state index contributed by atoms with van der Waals surface area (Å²) in [6, 6.07) is 3.40. The highest BCUT2D eigenvalue weighted by Gasteiger charge is 2.84. The van der Waals surface area contributed by atoms with E-state index in [0.29, 0.717) is 36.5 Å². The Bertz CT molecular complexity index is 1180. The number of esters is 1. The number of ether oxygens (including phenoxy) is 5. The molecule has 6 rings (SSSR count). The first-order valence-electron chi connectivity index (χ1n) is 12.1. The molecule has 1 aliphatic carbocycles. The lowest BCUT2D eigenvalue weighted by molar-refractivity contribution is -0.233. The molecule has 4 heterocycles. The molecule has 36 heavy (non-hydrogen) atoms. The average Bonchev–Trinajstić information content (AvgIpc) is 3.25. The lowest BCUT2D eigenvalue weighted by Gasteiger charge is -2.54. The van der Waals surface area contributed by atoms with Crippen molar-refractivity contribution in [3.05, 3.63) is 17.7 Å². The summed E-state index contributed by atoms with van der Waals surface area (Å²) in [5.41, 5.74) is -2.61. The molecule has 2 saturated heterocycles. The van der Waals surface area contributed by atoms with Crippen LogP contribution in [0.5, 0.6) is 11.5 Å². The van der Waals surface area contributed by atoms with Crippen LogP contribution in [0.15, 0.2) is 12.1 Å². The SMILES string of the molecule is COc1ccc2c3c1OC(OC)C(=O)N3C1(OC(C)=O)C3OC(C)(O)C4C(=O)C21CCN(C)CCC43. The van der Waals surface area contributed by atoms with E-state index in [2.05, 4.69) is 4.90 Å². The number of hydrogen-bond acceptors (Lipinski definition) is 10. The first kappa shape index (κ1) is 23.7. The normalized spacial score (nSPS) is 40.7. The molecule has 1 N–H and O–H groups in total. The summed E-state index contributed by atoms with van der Waals surface area (Å²) >= 11 is 0. The van der Waals surface area contributed by atoms with Crippen LogP contribution in [-0.2, 0) is 34.0 Å². The van der Waals surface area contributed by atoms with Crippen LogP contribution in [0.2, 0.25) is 0 Å². The van der Waals surface area contributed by atoms with Crippen LogP contribution in [0.3, 0.4) is 0 Å². The first-order chi connectivity index (χ1) is 17.0. The van der Waals surface area contributed by atoms with Gasteiger partial charge in [0.05, 0.1) is 18.7 Å². The Morgan fingerprint density at radius 1 is 1.22 bits per heavy atom. The lowest BCUT2D eigenvalue weighted by atomic mass is 9.55. The van der Waals surface area contributed by atoms with Gasteiger partial charge in [0.15, 0.2) is 23.1 Å². The molecule has 4 bridgehead atoms. The lowest BCUT2D eigenvalue weighted by Crippen LogP contribution is -2.76. The van der Waals surface area contributed by atoms with E-state index in [9.17, 15) is 19.5 Å². The number of hydrogen-bond donors (Lipinski definition) is 1. The molecule has 1 saturated carbocycles. The monoisotopic (exact) mass is 502 g/mol. The van der Waals surface area contributed by atoms with Crippen LogP contribution in [0.4, 0.5) is 5.69 Å². The van der Waals surface area contributed by atoms with Gasteiger partial charge in [0.1, 0.15) is 11.5 Å². The zero-order valence-electron chi connectivity index (χ0n) is 20.9. The average molecular weight is 503 g/mol. The van der Waals surface area contributed by atoms with E-state index in [1.54, 1.807) is 12.1 Å². The molecule has 194 valence electrons. The van der Waals surface area contributed by atoms with Crippen LogP contribution >= 0.6 is 0 Å². The van der Waals surface area contributed by atoms with Gasteiger partial charge in [-0.15, -0.1) is 0 Å². The van der Waals surface area contributed by atoms with Gasteiger partial charge in [0.2, 0.25) is 5.72 Å². The van der Waals surface area contributed by atoms with Crippen molar-refractivity contribution >= 4 is 23.3 Å². The van der Waals surface area contributed by atoms with E-state index < -0.39 is 53.0 Å². The molecule has 1 spiro atoms. The molecule has 5 aliphatic rings. The van der Waals surface area contributed by atoms with Crippen molar-refractivity contribution in [2.24, 2.45) is 11.8 Å². The third-order valence-electron chi connectivity index (χ3n) is 8.66. The molecule has 3 fully saturated rings. The number of rotatable bonds is 3. The molecule has 4 aliphatic heterocycles. The second-order valence-corrected chi connectivity index (χ2v) is 10.5. The number of methoxy groups -OCH3 is 2. The number of fused-ring (bicyclic) bond motifs is 2. The predicted octanol–water partition coefficient (Wildman–Crippen LogP) is 0.552. The number of anilines is 1. The number of carbonyl (C=O) groups is 3. The minimum absolute atomic E-state index is 0.221. The Hall–Kier alpha value is -2.73. The summed E-state index contributed by atoms with van der Waals surface area (Å²) in [4.78, 5) is 45.0. The number of Topliss-reactive ketones (excluding diaryl/α,β-unsaturated/α-hetero) is 1. The van der Waals surface area contributed by atoms with Gasteiger partial charge in [0.25, 0.3) is 12.2 Å². The van der Waals surface area contributed by atoms with Crippen LogP contribution < -0.4 is 14.4 Å². The Labute approximate surface area is 208 Å². The standard InChI is InChI=1S/C25H30N2O9/c1-12(28)35-25-20-13-8-10-26(3)11-9-24(25,19(29)16(13)23(2,31)36-20)14-6-7-15(32-4)18-17(14)27(25)21(30)22(33-5)34-18/h6-7,13,16,20,22,31H,8-11H2,1-5H3. The Morgan fingerprint density at radius 3 is 2.64 bits per heavy atom. The second kappa shape index (κ2) is 7.41. The van der Waals surface area contributed by atoms with Crippen molar-refractivity contribution in [2.75, 3.05) is 39.3 Å². The van der Waals surface area contributed by atoms with Crippen molar-refractivity contribution in [1.29, 1.82) is 0 Å². The predicted molar refractivity (Wildman–Crippen MR) is 122 cm³/mol. The highest BCUT2D eigenvalue weighted by molar-refractivity contribution is 6.11. The van der Waals surface area contributed by atoms with Crippen molar-refractivity contribution in [2.45, 2.75) is 56.0 Å². The number of carbonyl (C=O) groups excluding carboxylic acids is 3. The summed E-state index contributed by atoms with van der Waals surface area (Å²) < 4.78 is 29.3. The van der Waals surface area contributed by atoms with Gasteiger partial charge in [-0.25, -0.2) is 0 Å². The van der Waals surface area contributed by atoms with E-state index in [4.69, 9.17) is 23.7 Å². The summed E-state index contributed by atoms with van der Waals surface area (Å²) in [6.45, 7) is 3.85. The van der Waals surface area contributed by atoms with Gasteiger partial charge in [-0.2, -0.15) is 0 Å². The van der Waals surface area contributed by atoms with Gasteiger partial charge in [-0.3, -0.25) is 19.3 Å². The summed E-state index contributed by atoms with van der Waals surface area (Å²) in [7, 11) is 4.76. The molecule has 7 unspecified atom stereocenters. The Morgan fingerprint density at radius 2 is 1.97 bits per heavy atom. The maximum absolute atomic E-state index is 14.8. The van der Waals surface area contributed by atoms with E-state index in [1.807, 2.05) is 7.05 Å². The number of nitrogens with zero attached hydrogens (tertiary/aromatic N) is 2. The Kier molecular flexibility index (Phi) is 4.87. The molecule has 11 heteroatoms. The van der Waals surface area contributed by atoms with Gasteiger partial charge in [-0.05, 0) is 51.5 Å². The van der Waals surface area contributed by atoms with Gasteiger partial charge < -0.3 is 33.7 Å². The van der Waals surface area contributed by atoms with Gasteiger partial charge in [0, 0.05) is 20.0 Å². The maximum atomic E-state index is 14.8. The summed E-state index contributed by atoms with van der Waals surface area (Å²) in [5.74, 6) is -4.23. The fraction of sp³-hybridized carbons (Fsp3) is 0.640. The Balaban J connectivity index is 1.76. The molecule has 1 amide bonds. The first-order valence-corrected chi connectivity index (χ1v) is 12.1. The van der Waals surface area contributed by atoms with Gasteiger partial charge in [-0.1, -0.05) is 6.07 Å². The largest absolute Gasteiger partial charge is 0.493 e. The van der Waals surface area contributed by atoms with Crippen molar-refractivity contribution in [3.63, 3.8) is 0 Å².